The second kappa shape index (κ2) is 8.13. The van der Waals surface area contributed by atoms with Crippen LogP contribution in [0, 0.1) is 0 Å². The van der Waals surface area contributed by atoms with Crippen LogP contribution < -0.4 is 10.0 Å². The first-order valence-corrected chi connectivity index (χ1v) is 9.73. The lowest BCUT2D eigenvalue weighted by molar-refractivity contribution is 0.0942. The fourth-order valence-corrected chi connectivity index (χ4v) is 3.06. The van der Waals surface area contributed by atoms with E-state index in [4.69, 9.17) is 0 Å². The third kappa shape index (κ3) is 5.88. The van der Waals surface area contributed by atoms with Crippen molar-refractivity contribution in [2.75, 3.05) is 31.6 Å². The number of carbonyl (C=O) groups excluding carboxylic acids is 1. The zero-order chi connectivity index (χ0) is 18.4. The molecule has 0 saturated heterocycles. The number of anilines is 1. The number of hydrogen-bond acceptors (Lipinski definition) is 4. The van der Waals surface area contributed by atoms with Crippen molar-refractivity contribution in [2.45, 2.75) is 6.04 Å². The Bertz CT molecular complexity index is 820. The van der Waals surface area contributed by atoms with Crippen LogP contribution >= 0.6 is 0 Å². The van der Waals surface area contributed by atoms with Crippen molar-refractivity contribution >= 4 is 21.6 Å². The molecule has 0 bridgehead atoms. The summed E-state index contributed by atoms with van der Waals surface area (Å²) in [4.78, 5) is 14.5. The second-order valence-electron chi connectivity index (χ2n) is 6.06. The number of benzene rings is 2. The van der Waals surface area contributed by atoms with E-state index in [2.05, 4.69) is 10.0 Å². The summed E-state index contributed by atoms with van der Waals surface area (Å²) in [7, 11) is 0.537. The van der Waals surface area contributed by atoms with Crippen LogP contribution in [0.25, 0.3) is 0 Å². The molecule has 134 valence electrons. The van der Waals surface area contributed by atoms with Crippen LogP contribution in [0.15, 0.2) is 54.6 Å². The summed E-state index contributed by atoms with van der Waals surface area (Å²) in [5.41, 5.74) is 1.88. The molecule has 25 heavy (non-hydrogen) atoms. The summed E-state index contributed by atoms with van der Waals surface area (Å²) < 4.78 is 25.0. The molecular weight excluding hydrogens is 338 g/mol. The predicted octanol–water partition coefficient (Wildman–Crippen LogP) is 2.09. The summed E-state index contributed by atoms with van der Waals surface area (Å²) in [5.74, 6) is -0.250. The smallest absolute Gasteiger partial charge is 0.251 e. The average Bonchev–Trinajstić information content (AvgIpc) is 2.54. The molecule has 0 saturated carbocycles. The van der Waals surface area contributed by atoms with Crippen LogP contribution in [0.2, 0.25) is 0 Å². The van der Waals surface area contributed by atoms with Crippen molar-refractivity contribution in [3.8, 4) is 0 Å². The lowest BCUT2D eigenvalue weighted by Crippen LogP contribution is -2.34. The van der Waals surface area contributed by atoms with E-state index in [1.54, 1.807) is 18.2 Å². The molecule has 1 atom stereocenters. The number of likely N-dealkylation sites (N-methyl/N-ethyl adjacent to an activating group) is 1. The quantitative estimate of drug-likeness (QED) is 0.792. The highest BCUT2D eigenvalue weighted by Gasteiger charge is 2.16. The van der Waals surface area contributed by atoms with Gasteiger partial charge in [0.15, 0.2) is 0 Å². The van der Waals surface area contributed by atoms with Crippen molar-refractivity contribution in [1.29, 1.82) is 0 Å². The van der Waals surface area contributed by atoms with E-state index in [0.717, 1.165) is 11.8 Å². The van der Waals surface area contributed by atoms with Crippen LogP contribution in [-0.4, -0.2) is 46.1 Å². The highest BCUT2D eigenvalue weighted by Crippen LogP contribution is 2.17. The van der Waals surface area contributed by atoms with E-state index < -0.39 is 10.0 Å². The Hall–Kier alpha value is -2.38. The van der Waals surface area contributed by atoms with Crippen molar-refractivity contribution < 1.29 is 13.2 Å². The molecule has 0 aliphatic rings. The molecule has 2 aromatic carbocycles. The van der Waals surface area contributed by atoms with E-state index in [-0.39, 0.29) is 11.9 Å². The standard InChI is InChI=1S/C18H23N3O3S/c1-21(2)17(14-8-5-4-6-9-14)13-19-18(22)15-10-7-11-16(12-15)20-25(3,23)24/h4-12,17,20H,13H2,1-3H3,(H,19,22). The Morgan fingerprint density at radius 2 is 1.76 bits per heavy atom. The molecule has 0 heterocycles. The van der Waals surface area contributed by atoms with Gasteiger partial charge in [0.05, 0.1) is 12.3 Å². The maximum atomic E-state index is 12.4. The highest BCUT2D eigenvalue weighted by atomic mass is 32.2. The lowest BCUT2D eigenvalue weighted by Gasteiger charge is -2.25. The van der Waals surface area contributed by atoms with Gasteiger partial charge in [0.2, 0.25) is 10.0 Å². The van der Waals surface area contributed by atoms with E-state index in [1.807, 2.05) is 49.3 Å². The maximum absolute atomic E-state index is 12.4. The molecular formula is C18H23N3O3S. The molecule has 0 radical (unpaired) electrons. The van der Waals surface area contributed by atoms with Gasteiger partial charge in [0.25, 0.3) is 5.91 Å². The minimum Gasteiger partial charge on any atom is -0.350 e. The maximum Gasteiger partial charge on any atom is 0.251 e. The van der Waals surface area contributed by atoms with E-state index in [9.17, 15) is 13.2 Å². The first-order chi connectivity index (χ1) is 11.8. The summed E-state index contributed by atoms with van der Waals surface area (Å²) in [6.45, 7) is 0.444. The molecule has 6 nitrogen and oxygen atoms in total. The van der Waals surface area contributed by atoms with Gasteiger partial charge in [0, 0.05) is 17.8 Å². The van der Waals surface area contributed by atoms with Gasteiger partial charge in [-0.1, -0.05) is 36.4 Å². The molecule has 0 aromatic heterocycles. The molecule has 0 aliphatic heterocycles. The topological polar surface area (TPSA) is 78.5 Å². The summed E-state index contributed by atoms with van der Waals surface area (Å²) in [6, 6.07) is 16.4. The van der Waals surface area contributed by atoms with Gasteiger partial charge in [-0.25, -0.2) is 8.42 Å². The number of sulfonamides is 1. The highest BCUT2D eigenvalue weighted by molar-refractivity contribution is 7.92. The van der Waals surface area contributed by atoms with Crippen LogP contribution in [0.4, 0.5) is 5.69 Å². The van der Waals surface area contributed by atoms with Crippen molar-refractivity contribution in [3.63, 3.8) is 0 Å². The first-order valence-electron chi connectivity index (χ1n) is 7.83. The normalized spacial score (nSPS) is 12.6. The molecule has 0 spiro atoms. The number of nitrogens with one attached hydrogen (secondary N) is 2. The number of carbonyl (C=O) groups is 1. The Morgan fingerprint density at radius 1 is 1.08 bits per heavy atom. The molecule has 2 rings (SSSR count). The average molecular weight is 361 g/mol. The van der Waals surface area contributed by atoms with E-state index >= 15 is 0 Å². The molecule has 0 aliphatic carbocycles. The number of rotatable bonds is 7. The zero-order valence-electron chi connectivity index (χ0n) is 14.6. The molecule has 1 unspecified atom stereocenters. The van der Waals surface area contributed by atoms with Crippen LogP contribution in [0.5, 0.6) is 0 Å². The molecule has 1 amide bonds. The van der Waals surface area contributed by atoms with Gasteiger partial charge in [-0.3, -0.25) is 9.52 Å². The van der Waals surface area contributed by atoms with Gasteiger partial charge in [-0.2, -0.15) is 0 Å². The summed E-state index contributed by atoms with van der Waals surface area (Å²) in [5, 5.41) is 2.91. The van der Waals surface area contributed by atoms with Crippen LogP contribution in [0.3, 0.4) is 0 Å². The van der Waals surface area contributed by atoms with Gasteiger partial charge < -0.3 is 10.2 Å². The number of hydrogen-bond donors (Lipinski definition) is 2. The molecule has 7 heteroatoms. The van der Waals surface area contributed by atoms with Crippen molar-refractivity contribution in [1.82, 2.24) is 10.2 Å². The van der Waals surface area contributed by atoms with Crippen molar-refractivity contribution in [3.05, 3.63) is 65.7 Å². The van der Waals surface area contributed by atoms with Gasteiger partial charge in [-0.15, -0.1) is 0 Å². The van der Waals surface area contributed by atoms with E-state index in [1.165, 1.54) is 6.07 Å². The van der Waals surface area contributed by atoms with Gasteiger partial charge in [-0.05, 0) is 37.9 Å². The minimum atomic E-state index is -3.38. The monoisotopic (exact) mass is 361 g/mol. The number of amides is 1. The SMILES string of the molecule is CN(C)C(CNC(=O)c1cccc(NS(C)(=O)=O)c1)c1ccccc1. The second-order valence-corrected chi connectivity index (χ2v) is 7.80. The lowest BCUT2D eigenvalue weighted by atomic mass is 10.1. The van der Waals surface area contributed by atoms with Crippen molar-refractivity contribution in [2.24, 2.45) is 0 Å². The molecule has 0 fully saturated rings. The fraction of sp³-hybridized carbons (Fsp3) is 0.278. The Labute approximate surface area is 148 Å². The molecule has 2 aromatic rings. The summed E-state index contributed by atoms with van der Waals surface area (Å²) in [6.07, 6.45) is 1.07. The largest absolute Gasteiger partial charge is 0.350 e. The third-order valence-electron chi connectivity index (χ3n) is 3.69. The van der Waals surface area contributed by atoms with Gasteiger partial charge >= 0.3 is 0 Å². The Balaban J connectivity index is 2.07. The minimum absolute atomic E-state index is 0.0440. The first kappa shape index (κ1) is 19.0. The Morgan fingerprint density at radius 3 is 2.36 bits per heavy atom. The third-order valence-corrected chi connectivity index (χ3v) is 4.30. The van der Waals surface area contributed by atoms with Crippen LogP contribution in [0.1, 0.15) is 22.0 Å². The van der Waals surface area contributed by atoms with Gasteiger partial charge in [0.1, 0.15) is 0 Å². The predicted molar refractivity (Wildman–Crippen MR) is 100 cm³/mol. The summed E-state index contributed by atoms with van der Waals surface area (Å²) >= 11 is 0. The molecule has 2 N–H and O–H groups in total. The zero-order valence-corrected chi connectivity index (χ0v) is 15.4. The Kier molecular flexibility index (Phi) is 6.17. The van der Waals surface area contributed by atoms with E-state index in [0.29, 0.717) is 17.8 Å². The number of nitrogens with zero attached hydrogens (tertiary/aromatic N) is 1. The van der Waals surface area contributed by atoms with Crippen LogP contribution in [-0.2, 0) is 10.0 Å². The fourth-order valence-electron chi connectivity index (χ4n) is 2.50.